The minimum Gasteiger partial charge on any atom is -0.503 e. The average molecular weight is 593 g/mol. The molecular formula is C20H21Br3N2O4. The van der Waals surface area contributed by atoms with Crippen LogP contribution in [0, 0.1) is 6.92 Å². The first-order chi connectivity index (χ1) is 13.6. The zero-order valence-corrected chi connectivity index (χ0v) is 21.1. The number of phenolic OH excluding ortho intramolecular Hbond substituents is 1. The topological polar surface area (TPSA) is 80.2 Å². The lowest BCUT2D eigenvalue weighted by Crippen LogP contribution is -2.25. The van der Waals surface area contributed by atoms with E-state index in [0.717, 1.165) is 20.1 Å². The summed E-state index contributed by atoms with van der Waals surface area (Å²) in [5.41, 5.74) is 5.06. The van der Waals surface area contributed by atoms with Gasteiger partial charge in [-0.3, -0.25) is 4.79 Å². The minimum absolute atomic E-state index is 0.00147. The van der Waals surface area contributed by atoms with Gasteiger partial charge in [-0.1, -0.05) is 29.8 Å². The Hall–Kier alpha value is -1.58. The molecule has 6 nitrogen and oxygen atoms in total. The van der Waals surface area contributed by atoms with Crippen LogP contribution in [0.15, 0.2) is 36.7 Å². The number of carbonyl (C=O) groups excluding carboxylic acids is 1. The maximum atomic E-state index is 12.1. The molecule has 0 heterocycles. The second kappa shape index (κ2) is 10.4. The number of phenols is 1. The zero-order valence-electron chi connectivity index (χ0n) is 16.3. The first kappa shape index (κ1) is 23.7. The van der Waals surface area contributed by atoms with E-state index in [-0.39, 0.29) is 18.3 Å². The molecule has 2 aromatic rings. The predicted octanol–water partition coefficient (Wildman–Crippen LogP) is 5.65. The molecule has 0 aliphatic heterocycles. The van der Waals surface area contributed by atoms with E-state index in [1.165, 1.54) is 13.3 Å². The summed E-state index contributed by atoms with van der Waals surface area (Å²) in [6.07, 6.45) is 1.45. The van der Waals surface area contributed by atoms with Crippen molar-refractivity contribution in [2.75, 3.05) is 13.7 Å². The van der Waals surface area contributed by atoms with Gasteiger partial charge >= 0.3 is 0 Å². The molecule has 0 saturated carbocycles. The molecule has 0 spiro atoms. The zero-order chi connectivity index (χ0) is 21.7. The summed E-state index contributed by atoms with van der Waals surface area (Å²) in [5, 5.41) is 13.8. The highest BCUT2D eigenvalue weighted by atomic mass is 79.9. The van der Waals surface area contributed by atoms with Crippen molar-refractivity contribution in [1.29, 1.82) is 0 Å². The normalized spacial score (nSPS) is 11.2. The third-order valence-corrected chi connectivity index (χ3v) is 6.46. The summed E-state index contributed by atoms with van der Waals surface area (Å²) in [6, 6.07) is 5.26. The second-order valence-corrected chi connectivity index (χ2v) is 9.01. The van der Waals surface area contributed by atoms with Crippen molar-refractivity contribution in [2.24, 2.45) is 5.10 Å². The Morgan fingerprint density at radius 3 is 2.55 bits per heavy atom. The Morgan fingerprint density at radius 2 is 1.93 bits per heavy atom. The van der Waals surface area contributed by atoms with Crippen LogP contribution in [0.1, 0.15) is 36.5 Å². The molecular weight excluding hydrogens is 572 g/mol. The van der Waals surface area contributed by atoms with Crippen molar-refractivity contribution in [2.45, 2.75) is 26.7 Å². The highest BCUT2D eigenvalue weighted by Gasteiger charge is 2.17. The Morgan fingerprint density at radius 1 is 1.24 bits per heavy atom. The van der Waals surface area contributed by atoms with Crippen LogP contribution in [0.4, 0.5) is 0 Å². The van der Waals surface area contributed by atoms with Crippen molar-refractivity contribution in [3.8, 4) is 17.2 Å². The molecule has 0 saturated heterocycles. The second-order valence-electron chi connectivity index (χ2n) is 6.51. The van der Waals surface area contributed by atoms with Gasteiger partial charge in [0, 0.05) is 4.47 Å². The number of methoxy groups -OCH3 is 1. The van der Waals surface area contributed by atoms with Gasteiger partial charge in [-0.25, -0.2) is 5.43 Å². The summed E-state index contributed by atoms with van der Waals surface area (Å²) in [5.74, 6) is 0.771. The van der Waals surface area contributed by atoms with E-state index < -0.39 is 5.91 Å². The van der Waals surface area contributed by atoms with E-state index in [9.17, 15) is 9.90 Å². The molecule has 0 atom stereocenters. The van der Waals surface area contributed by atoms with Crippen molar-refractivity contribution in [1.82, 2.24) is 5.43 Å². The SMILES string of the molecule is COc1cc(/C=N\NC(=O)COc2c(C(C)C)cc(Br)c(C)c2Br)cc(Br)c1O. The van der Waals surface area contributed by atoms with Crippen LogP contribution in [0.5, 0.6) is 17.2 Å². The number of rotatable bonds is 7. The van der Waals surface area contributed by atoms with Crippen LogP contribution in [0.2, 0.25) is 0 Å². The number of benzene rings is 2. The van der Waals surface area contributed by atoms with Crippen LogP contribution in [0.25, 0.3) is 0 Å². The van der Waals surface area contributed by atoms with E-state index in [0.29, 0.717) is 21.5 Å². The van der Waals surface area contributed by atoms with Gasteiger partial charge in [-0.15, -0.1) is 0 Å². The lowest BCUT2D eigenvalue weighted by molar-refractivity contribution is -0.123. The van der Waals surface area contributed by atoms with Gasteiger partial charge in [0.15, 0.2) is 18.1 Å². The largest absolute Gasteiger partial charge is 0.503 e. The number of halogens is 3. The van der Waals surface area contributed by atoms with Crippen molar-refractivity contribution in [3.63, 3.8) is 0 Å². The van der Waals surface area contributed by atoms with Crippen LogP contribution in [-0.4, -0.2) is 30.9 Å². The number of hydrogen-bond donors (Lipinski definition) is 2. The molecule has 0 aliphatic carbocycles. The number of amides is 1. The van der Waals surface area contributed by atoms with E-state index in [2.05, 4.69) is 72.2 Å². The molecule has 2 N–H and O–H groups in total. The Bertz CT molecular complexity index is 946. The number of hydrogen-bond acceptors (Lipinski definition) is 5. The van der Waals surface area contributed by atoms with Crippen molar-refractivity contribution < 1.29 is 19.4 Å². The summed E-state index contributed by atoms with van der Waals surface area (Å²) in [4.78, 5) is 12.1. The third kappa shape index (κ3) is 5.96. The number of nitrogens with zero attached hydrogens (tertiary/aromatic N) is 1. The van der Waals surface area contributed by atoms with Crippen LogP contribution >= 0.6 is 47.8 Å². The average Bonchev–Trinajstić information content (AvgIpc) is 2.67. The maximum Gasteiger partial charge on any atom is 0.277 e. The molecule has 2 rings (SSSR count). The highest BCUT2D eigenvalue weighted by Crippen LogP contribution is 2.40. The van der Waals surface area contributed by atoms with E-state index >= 15 is 0 Å². The summed E-state index contributed by atoms with van der Waals surface area (Å²) < 4.78 is 13.1. The molecule has 0 fully saturated rings. The van der Waals surface area contributed by atoms with Gasteiger partial charge in [-0.2, -0.15) is 5.10 Å². The number of aromatic hydroxyl groups is 1. The molecule has 0 unspecified atom stereocenters. The van der Waals surface area contributed by atoms with Crippen LogP contribution in [-0.2, 0) is 4.79 Å². The molecule has 9 heteroatoms. The van der Waals surface area contributed by atoms with Crippen LogP contribution in [0.3, 0.4) is 0 Å². The Kier molecular flexibility index (Phi) is 8.54. The smallest absolute Gasteiger partial charge is 0.277 e. The molecule has 2 aromatic carbocycles. The molecule has 0 aromatic heterocycles. The Labute approximate surface area is 195 Å². The minimum atomic E-state index is -0.395. The molecule has 1 amide bonds. The summed E-state index contributed by atoms with van der Waals surface area (Å²) in [7, 11) is 1.45. The lowest BCUT2D eigenvalue weighted by Gasteiger charge is -2.18. The molecule has 0 radical (unpaired) electrons. The van der Waals surface area contributed by atoms with Gasteiger partial charge in [-0.05, 0) is 79.6 Å². The van der Waals surface area contributed by atoms with Crippen molar-refractivity contribution >= 4 is 59.9 Å². The molecule has 29 heavy (non-hydrogen) atoms. The van der Waals surface area contributed by atoms with Crippen LogP contribution < -0.4 is 14.9 Å². The van der Waals surface area contributed by atoms with Gasteiger partial charge in [0.2, 0.25) is 0 Å². The quantitative estimate of drug-likeness (QED) is 0.322. The number of nitrogens with one attached hydrogen (secondary N) is 1. The fraction of sp³-hybridized carbons (Fsp3) is 0.300. The first-order valence-electron chi connectivity index (χ1n) is 8.65. The van der Waals surface area contributed by atoms with Gasteiger partial charge < -0.3 is 14.6 Å². The van der Waals surface area contributed by atoms with Gasteiger partial charge in [0.05, 0.1) is 22.3 Å². The maximum absolute atomic E-state index is 12.1. The number of carbonyl (C=O) groups is 1. The monoisotopic (exact) mass is 590 g/mol. The Balaban J connectivity index is 2.05. The molecule has 156 valence electrons. The molecule has 0 bridgehead atoms. The predicted molar refractivity (Wildman–Crippen MR) is 124 cm³/mol. The summed E-state index contributed by atoms with van der Waals surface area (Å²) in [6.45, 7) is 5.90. The standard InChI is InChI=1S/C20H21Br3N2O4/c1-10(2)13-7-14(21)11(3)18(23)20(13)29-9-17(26)25-24-8-12-5-15(22)19(27)16(6-12)28-4/h5-8,10,27H,9H2,1-4H3,(H,25,26)/b24-8-. The fourth-order valence-corrected chi connectivity index (χ4v) is 4.19. The lowest BCUT2D eigenvalue weighted by atomic mass is 10.0. The van der Waals surface area contributed by atoms with Gasteiger partial charge in [0.1, 0.15) is 5.75 Å². The highest BCUT2D eigenvalue weighted by molar-refractivity contribution is 9.11. The number of hydrazone groups is 1. The van der Waals surface area contributed by atoms with E-state index in [1.807, 2.05) is 13.0 Å². The molecule has 0 aliphatic rings. The fourth-order valence-electron chi connectivity index (χ4n) is 2.46. The van der Waals surface area contributed by atoms with Gasteiger partial charge in [0.25, 0.3) is 5.91 Å². The summed E-state index contributed by atoms with van der Waals surface area (Å²) >= 11 is 10.3. The van der Waals surface area contributed by atoms with E-state index in [4.69, 9.17) is 9.47 Å². The third-order valence-electron chi connectivity index (χ3n) is 4.07. The number of ether oxygens (including phenoxy) is 2. The van der Waals surface area contributed by atoms with E-state index in [1.54, 1.807) is 12.1 Å². The first-order valence-corrected chi connectivity index (χ1v) is 11.0. The van der Waals surface area contributed by atoms with Crippen molar-refractivity contribution in [3.05, 3.63) is 48.3 Å².